The largest absolute Gasteiger partial charge is 0.352 e. The third kappa shape index (κ3) is 10.6. The van der Waals surface area contributed by atoms with E-state index in [0.717, 1.165) is 30.3 Å². The number of aromatic nitrogens is 6. The van der Waals surface area contributed by atoms with Gasteiger partial charge in [-0.1, -0.05) is 24.3 Å². The maximum Gasteiger partial charge on any atom is 0.315 e. The van der Waals surface area contributed by atoms with E-state index in [-0.39, 0.29) is 79.1 Å². The predicted octanol–water partition coefficient (Wildman–Crippen LogP) is 6.29. The van der Waals surface area contributed by atoms with Crippen molar-refractivity contribution in [1.29, 1.82) is 0 Å². The normalized spacial score (nSPS) is 13.2. The van der Waals surface area contributed by atoms with Crippen LogP contribution in [-0.2, 0) is 41.4 Å². The number of nitrogens with zero attached hydrogens (tertiary/aromatic N) is 8. The summed E-state index contributed by atoms with van der Waals surface area (Å²) >= 11 is 4.03. The number of fused-ring (bicyclic) bond motifs is 2. The van der Waals surface area contributed by atoms with Gasteiger partial charge in [0.2, 0.25) is 29.1 Å². The number of rotatable bonds is 15. The number of nitrogens with one attached hydrogen (secondary N) is 4. The minimum absolute atomic E-state index is 0.00294. The Labute approximate surface area is 368 Å². The molecular formula is C35H28ClFN12O11S4. The van der Waals surface area contributed by atoms with Crippen LogP contribution in [0, 0.1) is 6.08 Å². The summed E-state index contributed by atoms with van der Waals surface area (Å²) in [4.78, 5) is 21.9. The second-order valence-electron chi connectivity index (χ2n) is 13.2. The van der Waals surface area contributed by atoms with E-state index in [2.05, 4.69) is 61.4 Å². The van der Waals surface area contributed by atoms with Crippen molar-refractivity contribution in [3.05, 3.63) is 96.3 Å². The molecule has 23 nitrogen and oxygen atoms in total. The highest BCUT2D eigenvalue weighted by Crippen LogP contribution is 2.39. The number of hydrogen-bond acceptors (Lipinski definition) is 19. The fourth-order valence-electron chi connectivity index (χ4n) is 6.06. The Morgan fingerprint density at radius 1 is 0.688 bits per heavy atom. The van der Waals surface area contributed by atoms with Gasteiger partial charge in [0.05, 0.1) is 22.0 Å². The molecule has 8 N–H and O–H groups in total. The van der Waals surface area contributed by atoms with Crippen molar-refractivity contribution in [1.82, 2.24) is 29.9 Å². The van der Waals surface area contributed by atoms with Gasteiger partial charge >= 0.3 is 6.08 Å². The zero-order valence-corrected chi connectivity index (χ0v) is 36.0. The van der Waals surface area contributed by atoms with Crippen molar-refractivity contribution < 1.29 is 52.1 Å². The van der Waals surface area contributed by atoms with Crippen LogP contribution >= 0.6 is 11.6 Å². The SMILES string of the molecule is CC(CNc1nc(Cl)nc(Nc2ccc(N=Nc3cc(S(=O)(=O)O)c4cccc(S(=O)(=O)O)c4c3)c3cccc(S(=O)(=O)O)c23)n1)Nc1nc(F)nc(Nc2ccc(S(=O)O)cc2)n1. The van der Waals surface area contributed by atoms with E-state index in [4.69, 9.17) is 11.6 Å². The Kier molecular flexibility index (Phi) is 12.8. The first-order chi connectivity index (χ1) is 30.1. The molecule has 5 aromatic carbocycles. The Balaban J connectivity index is 1.14. The van der Waals surface area contributed by atoms with Gasteiger partial charge in [0.15, 0.2) is 11.1 Å². The molecule has 0 bridgehead atoms. The summed E-state index contributed by atoms with van der Waals surface area (Å²) in [5.74, 6) is -0.593. The van der Waals surface area contributed by atoms with Crippen LogP contribution in [-0.4, -0.2) is 90.2 Å². The average Bonchev–Trinajstić information content (AvgIpc) is 3.20. The minimum atomic E-state index is -4.98. The van der Waals surface area contributed by atoms with Crippen LogP contribution in [0.5, 0.6) is 0 Å². The lowest BCUT2D eigenvalue weighted by atomic mass is 10.1. The molecule has 0 aliphatic heterocycles. The molecule has 2 unspecified atom stereocenters. The summed E-state index contributed by atoms with van der Waals surface area (Å²) in [6, 6.07) is 17.1. The molecule has 0 aliphatic rings. The molecule has 0 radical (unpaired) electrons. The van der Waals surface area contributed by atoms with Crippen molar-refractivity contribution in [2.75, 3.05) is 27.8 Å². The van der Waals surface area contributed by atoms with E-state index in [1.54, 1.807) is 6.92 Å². The Bertz CT molecular complexity index is 3390. The van der Waals surface area contributed by atoms with Crippen LogP contribution in [0.1, 0.15) is 6.92 Å². The van der Waals surface area contributed by atoms with Gasteiger partial charge in [-0.05, 0) is 79.2 Å². The van der Waals surface area contributed by atoms with Crippen LogP contribution in [0.3, 0.4) is 0 Å². The molecule has 0 saturated carbocycles. The monoisotopic (exact) mass is 974 g/mol. The van der Waals surface area contributed by atoms with Crippen molar-refractivity contribution in [3.8, 4) is 0 Å². The Hall–Kier alpha value is -6.50. The molecule has 2 heterocycles. The van der Waals surface area contributed by atoms with Crippen molar-refractivity contribution in [2.45, 2.75) is 32.5 Å². The van der Waals surface area contributed by atoms with Crippen LogP contribution < -0.4 is 21.3 Å². The Morgan fingerprint density at radius 3 is 1.97 bits per heavy atom. The standard InChI is InChI=1S/C35H28ClFN12O11S4/c1-17(39-33-44-31(37)45-34(47-33)40-18-8-10-20(11-9-18)61(50)51)16-38-32-42-30(36)43-35(46-32)41-25-13-12-24(22-5-3-7-27(29(22)25)63(55,56)57)49-48-19-14-23-21(28(15-19)64(58,59)60)4-2-6-26(23)62(52,53)54/h2-15,17H,16H2,1H3,(H,50,51)(H,52,53,54)(H,55,56,57)(H,58,59,60)(H2,38,41,42,43,46)(H2,39,40,44,45,47). The third-order valence-electron chi connectivity index (χ3n) is 8.71. The van der Waals surface area contributed by atoms with E-state index in [0.29, 0.717) is 5.69 Å². The van der Waals surface area contributed by atoms with Gasteiger partial charge < -0.3 is 25.8 Å². The van der Waals surface area contributed by atoms with Crippen LogP contribution in [0.2, 0.25) is 5.28 Å². The molecule has 2 atom stereocenters. The summed E-state index contributed by atoms with van der Waals surface area (Å²) in [6.07, 6.45) is -1.11. The number of anilines is 6. The molecule has 0 aliphatic carbocycles. The molecule has 332 valence electrons. The van der Waals surface area contributed by atoms with Gasteiger partial charge in [-0.25, -0.2) is 4.21 Å². The average molecular weight is 975 g/mol. The molecule has 29 heteroatoms. The fourth-order valence-corrected chi connectivity index (χ4v) is 8.74. The number of hydrogen-bond donors (Lipinski definition) is 8. The maximum absolute atomic E-state index is 14.3. The van der Waals surface area contributed by atoms with E-state index < -0.39 is 68.2 Å². The molecule has 64 heavy (non-hydrogen) atoms. The summed E-state index contributed by atoms with van der Waals surface area (Å²) in [6.45, 7) is 1.74. The van der Waals surface area contributed by atoms with Gasteiger partial charge in [0.1, 0.15) is 14.7 Å². The van der Waals surface area contributed by atoms with Gasteiger partial charge in [-0.2, -0.15) is 64.7 Å². The fraction of sp³-hybridized carbons (Fsp3) is 0.0857. The summed E-state index contributed by atoms with van der Waals surface area (Å²) < 4.78 is 139. The lowest BCUT2D eigenvalue weighted by Crippen LogP contribution is -2.27. The first kappa shape index (κ1) is 45.5. The smallest absolute Gasteiger partial charge is 0.315 e. The molecule has 7 aromatic rings. The van der Waals surface area contributed by atoms with E-state index in [1.165, 1.54) is 54.6 Å². The number of benzene rings is 5. The predicted molar refractivity (Wildman–Crippen MR) is 230 cm³/mol. The lowest BCUT2D eigenvalue weighted by molar-refractivity contribution is 0.481. The Morgan fingerprint density at radius 2 is 1.30 bits per heavy atom. The van der Waals surface area contributed by atoms with E-state index in [9.17, 15) is 52.1 Å². The number of azo groups is 1. The molecule has 0 spiro atoms. The zero-order valence-electron chi connectivity index (χ0n) is 32.0. The highest BCUT2D eigenvalue weighted by Gasteiger charge is 2.23. The quantitative estimate of drug-likeness (QED) is 0.0318. The molecule has 0 amide bonds. The first-order valence-electron chi connectivity index (χ1n) is 17.7. The third-order valence-corrected chi connectivity index (χ3v) is 12.3. The van der Waals surface area contributed by atoms with Crippen LogP contribution in [0.4, 0.5) is 50.9 Å². The van der Waals surface area contributed by atoms with Gasteiger partial charge in [0, 0.05) is 39.8 Å². The zero-order chi connectivity index (χ0) is 46.1. The number of halogens is 2. The summed E-state index contributed by atoms with van der Waals surface area (Å²) in [5, 5.41) is 18.6. The summed E-state index contributed by atoms with van der Waals surface area (Å²) in [7, 11) is -14.8. The van der Waals surface area contributed by atoms with Gasteiger partial charge in [-0.15, -0.1) is 5.11 Å². The van der Waals surface area contributed by atoms with E-state index in [1.807, 2.05) is 0 Å². The second kappa shape index (κ2) is 17.9. The van der Waals surface area contributed by atoms with Gasteiger partial charge in [-0.3, -0.25) is 13.7 Å². The van der Waals surface area contributed by atoms with Crippen LogP contribution in [0.25, 0.3) is 21.5 Å². The van der Waals surface area contributed by atoms with Gasteiger partial charge in [0.25, 0.3) is 30.4 Å². The van der Waals surface area contributed by atoms with Crippen molar-refractivity contribution >= 4 is 121 Å². The minimum Gasteiger partial charge on any atom is -0.352 e. The molecule has 0 fully saturated rings. The van der Waals surface area contributed by atoms with Crippen LogP contribution in [0.15, 0.2) is 115 Å². The summed E-state index contributed by atoms with van der Waals surface area (Å²) in [5.41, 5.74) is 0.0595. The topological polar surface area (TPSA) is 351 Å². The lowest BCUT2D eigenvalue weighted by Gasteiger charge is -2.16. The molecule has 2 aromatic heterocycles. The molecular weight excluding hydrogens is 947 g/mol. The highest BCUT2D eigenvalue weighted by atomic mass is 35.5. The maximum atomic E-state index is 14.3. The molecule has 7 rings (SSSR count). The first-order valence-corrected chi connectivity index (χ1v) is 23.5. The second-order valence-corrected chi connectivity index (χ2v) is 18.7. The van der Waals surface area contributed by atoms with Crippen molar-refractivity contribution in [2.24, 2.45) is 10.2 Å². The van der Waals surface area contributed by atoms with Crippen molar-refractivity contribution in [3.63, 3.8) is 0 Å². The van der Waals surface area contributed by atoms with E-state index >= 15 is 0 Å². The highest BCUT2D eigenvalue weighted by molar-refractivity contribution is 7.86. The molecule has 0 saturated heterocycles.